The Labute approximate surface area is 60.8 Å². The van der Waals surface area contributed by atoms with E-state index in [2.05, 4.69) is 0 Å². The molecular weight excluding hydrogens is 154 g/mol. The van der Waals surface area contributed by atoms with Gasteiger partial charge in [-0.2, -0.15) is 0 Å². The van der Waals surface area contributed by atoms with E-state index in [0.717, 1.165) is 6.08 Å². The lowest BCUT2D eigenvalue weighted by atomic mass is 10.4. The highest BCUT2D eigenvalue weighted by molar-refractivity contribution is 5.97. The first-order chi connectivity index (χ1) is 5.09. The van der Waals surface area contributed by atoms with E-state index in [1.807, 2.05) is 10.9 Å². The van der Waals surface area contributed by atoms with Crippen molar-refractivity contribution < 1.29 is 19.9 Å². The largest absolute Gasteiger partial charge is 0.477 e. The average Bonchev–Trinajstić information content (AvgIpc) is 1.85. The Hall–Kier alpha value is -1.60. The predicted octanol–water partition coefficient (Wildman–Crippen LogP) is -1.80. The number of carbonyl (C=O) groups is 2. The van der Waals surface area contributed by atoms with E-state index in [-0.39, 0.29) is 5.28 Å². The third-order valence-corrected chi connectivity index (χ3v) is 0.948. The Balaban J connectivity index is 2.80. The molecule has 0 aromatic carbocycles. The second-order valence-corrected chi connectivity index (χ2v) is 1.76. The summed E-state index contributed by atoms with van der Waals surface area (Å²) < 4.78 is 0. The summed E-state index contributed by atoms with van der Waals surface area (Å²) in [7, 11) is 0. The van der Waals surface area contributed by atoms with Crippen molar-refractivity contribution in [2.75, 3.05) is 0 Å². The summed E-state index contributed by atoms with van der Waals surface area (Å²) in [6, 6.07) is 0. The molecule has 0 aliphatic carbocycles. The molecule has 0 saturated heterocycles. The van der Waals surface area contributed by atoms with Gasteiger partial charge in [-0.25, -0.2) is 10.2 Å². The van der Waals surface area contributed by atoms with Crippen molar-refractivity contribution >= 4 is 11.9 Å². The van der Waals surface area contributed by atoms with Gasteiger partial charge >= 0.3 is 5.97 Å². The van der Waals surface area contributed by atoms with Gasteiger partial charge in [0.25, 0.3) is 5.91 Å². The molecule has 1 rings (SSSR count). The second kappa shape index (κ2) is 2.56. The van der Waals surface area contributed by atoms with Gasteiger partial charge in [0, 0.05) is 6.08 Å². The van der Waals surface area contributed by atoms with Gasteiger partial charge in [0.05, 0.1) is 0 Å². The highest BCUT2D eigenvalue weighted by Crippen LogP contribution is 1.94. The van der Waals surface area contributed by atoms with Crippen LogP contribution in [-0.2, 0) is 9.59 Å². The molecule has 0 fully saturated rings. The van der Waals surface area contributed by atoms with Gasteiger partial charge in [-0.1, -0.05) is 0 Å². The molecule has 7 heteroatoms. The molecule has 4 N–H and O–H groups in total. The van der Waals surface area contributed by atoms with Crippen LogP contribution in [0.4, 0.5) is 0 Å². The minimum absolute atomic E-state index is 0.172. The van der Waals surface area contributed by atoms with Gasteiger partial charge in [-0.05, 0) is 5.28 Å². The highest BCUT2D eigenvalue weighted by atomic mass is 16.6. The maximum absolute atomic E-state index is 10.5. The molecule has 0 aromatic heterocycles. The summed E-state index contributed by atoms with van der Waals surface area (Å²) >= 11 is 0. The molecule has 1 amide bonds. The zero-order chi connectivity index (χ0) is 8.43. The third-order valence-electron chi connectivity index (χ3n) is 0.948. The van der Waals surface area contributed by atoms with E-state index in [1.54, 1.807) is 0 Å². The van der Waals surface area contributed by atoms with Crippen LogP contribution in [-0.4, -0.2) is 27.5 Å². The standard InChI is InChI=1S/C4H5N3O4/c8-3-1-2(4(9)10)5-7(11)6-3/h1,5,11H,(H,6,8)(H,9,10). The van der Waals surface area contributed by atoms with Gasteiger partial charge in [0.2, 0.25) is 0 Å². The van der Waals surface area contributed by atoms with Crippen LogP contribution in [0.3, 0.4) is 0 Å². The molecule has 0 saturated carbocycles. The van der Waals surface area contributed by atoms with Crippen molar-refractivity contribution in [2.45, 2.75) is 0 Å². The number of carbonyl (C=O) groups excluding carboxylic acids is 1. The Kier molecular flexibility index (Phi) is 1.75. The molecule has 1 heterocycles. The molecule has 0 atom stereocenters. The SMILES string of the molecule is O=C1C=C(C(=O)O)NN(O)N1. The number of nitrogens with one attached hydrogen (secondary N) is 2. The van der Waals surface area contributed by atoms with Crippen LogP contribution in [0.15, 0.2) is 11.8 Å². The van der Waals surface area contributed by atoms with Crippen molar-refractivity contribution in [1.82, 2.24) is 16.1 Å². The molecule has 7 nitrogen and oxygen atoms in total. The fraction of sp³-hybridized carbons (Fsp3) is 0. The normalized spacial score (nSPS) is 18.3. The van der Waals surface area contributed by atoms with E-state index >= 15 is 0 Å². The molecular formula is C4H5N3O4. The van der Waals surface area contributed by atoms with E-state index in [9.17, 15) is 9.59 Å². The van der Waals surface area contributed by atoms with Crippen molar-refractivity contribution in [1.29, 1.82) is 0 Å². The van der Waals surface area contributed by atoms with E-state index in [4.69, 9.17) is 10.3 Å². The van der Waals surface area contributed by atoms with Crippen LogP contribution < -0.4 is 10.9 Å². The maximum Gasteiger partial charge on any atom is 0.353 e. The van der Waals surface area contributed by atoms with Gasteiger partial charge in [0.1, 0.15) is 5.70 Å². The first-order valence-electron chi connectivity index (χ1n) is 2.61. The first kappa shape index (κ1) is 7.51. The summed E-state index contributed by atoms with van der Waals surface area (Å²) in [5.74, 6) is -2.03. The zero-order valence-corrected chi connectivity index (χ0v) is 5.24. The fourth-order valence-electron chi connectivity index (χ4n) is 0.552. The molecule has 0 spiro atoms. The Morgan fingerprint density at radius 2 is 2.18 bits per heavy atom. The number of carboxylic acids is 1. The predicted molar refractivity (Wildman–Crippen MR) is 30.6 cm³/mol. The van der Waals surface area contributed by atoms with E-state index in [0.29, 0.717) is 0 Å². The summed E-state index contributed by atoms with van der Waals surface area (Å²) in [5.41, 5.74) is 3.44. The van der Waals surface area contributed by atoms with Crippen LogP contribution in [0.5, 0.6) is 0 Å². The van der Waals surface area contributed by atoms with E-state index in [1.165, 1.54) is 0 Å². The monoisotopic (exact) mass is 159 g/mol. The molecule has 1 aliphatic heterocycles. The number of hydrogen-bond donors (Lipinski definition) is 4. The van der Waals surface area contributed by atoms with Gasteiger partial charge < -0.3 is 5.11 Å². The molecule has 0 bridgehead atoms. The van der Waals surface area contributed by atoms with E-state index < -0.39 is 17.6 Å². The summed E-state index contributed by atoms with van der Waals surface area (Å²) in [6.07, 6.45) is 0.815. The average molecular weight is 159 g/mol. The Morgan fingerprint density at radius 1 is 1.55 bits per heavy atom. The number of rotatable bonds is 1. The first-order valence-corrected chi connectivity index (χ1v) is 2.61. The van der Waals surface area contributed by atoms with Crippen molar-refractivity contribution in [3.63, 3.8) is 0 Å². The van der Waals surface area contributed by atoms with Crippen molar-refractivity contribution in [2.24, 2.45) is 0 Å². The molecule has 60 valence electrons. The number of hydrazine groups is 2. The third kappa shape index (κ3) is 1.66. The van der Waals surface area contributed by atoms with Crippen molar-refractivity contribution in [3.05, 3.63) is 11.8 Å². The van der Waals surface area contributed by atoms with Gasteiger partial charge in [-0.15, -0.1) is 0 Å². The van der Waals surface area contributed by atoms with Crippen LogP contribution in [0, 0.1) is 0 Å². The smallest absolute Gasteiger partial charge is 0.353 e. The zero-order valence-electron chi connectivity index (χ0n) is 5.24. The lowest BCUT2D eigenvalue weighted by Crippen LogP contribution is -2.52. The summed E-state index contributed by atoms with van der Waals surface area (Å²) in [6.45, 7) is 0. The topological polar surface area (TPSA) is 102 Å². The van der Waals surface area contributed by atoms with Crippen LogP contribution in [0.2, 0.25) is 0 Å². The van der Waals surface area contributed by atoms with Crippen LogP contribution >= 0.6 is 0 Å². The quantitative estimate of drug-likeness (QED) is 0.360. The minimum Gasteiger partial charge on any atom is -0.477 e. The molecule has 11 heavy (non-hydrogen) atoms. The maximum atomic E-state index is 10.5. The molecule has 0 aromatic rings. The number of hydrogen-bond acceptors (Lipinski definition) is 5. The lowest BCUT2D eigenvalue weighted by Gasteiger charge is -2.20. The molecule has 0 unspecified atom stereocenters. The highest BCUT2D eigenvalue weighted by Gasteiger charge is 2.18. The van der Waals surface area contributed by atoms with Gasteiger partial charge in [0.15, 0.2) is 0 Å². The van der Waals surface area contributed by atoms with Crippen LogP contribution in [0.25, 0.3) is 0 Å². The number of aliphatic carboxylic acids is 1. The van der Waals surface area contributed by atoms with Crippen molar-refractivity contribution in [3.8, 4) is 0 Å². The number of carboxylic acid groups (broad SMARTS) is 1. The Morgan fingerprint density at radius 3 is 2.64 bits per heavy atom. The Bertz CT molecular complexity index is 235. The van der Waals surface area contributed by atoms with Crippen LogP contribution in [0.1, 0.15) is 0 Å². The second-order valence-electron chi connectivity index (χ2n) is 1.76. The van der Waals surface area contributed by atoms with Gasteiger partial charge in [-0.3, -0.25) is 15.4 Å². The molecule has 1 aliphatic rings. The summed E-state index contributed by atoms with van der Waals surface area (Å²) in [5, 5.41) is 17.1. The summed E-state index contributed by atoms with van der Waals surface area (Å²) in [4.78, 5) is 20.7. The minimum atomic E-state index is -1.32. The fourth-order valence-corrected chi connectivity index (χ4v) is 0.552. The number of nitrogens with zero attached hydrogens (tertiary/aromatic N) is 1. The lowest BCUT2D eigenvalue weighted by molar-refractivity contribution is -0.186. The molecule has 0 radical (unpaired) electrons. The number of amides is 1.